The SMILES string of the molecule is N=S(=O)(N=S(=O)=O)c1ccccc1. The topological polar surface area (TPSA) is 87.4 Å². The van der Waals surface area contributed by atoms with Gasteiger partial charge in [-0.1, -0.05) is 22.0 Å². The highest BCUT2D eigenvalue weighted by atomic mass is 32.2. The monoisotopic (exact) mass is 218 g/mol. The molecule has 0 saturated heterocycles. The Morgan fingerprint density at radius 2 is 1.77 bits per heavy atom. The normalized spacial score (nSPS) is 14.5. The number of rotatable bonds is 2. The number of hydrogen-bond acceptors (Lipinski definition) is 4. The van der Waals surface area contributed by atoms with Crippen LogP contribution in [0.15, 0.2) is 39.0 Å². The van der Waals surface area contributed by atoms with Crippen LogP contribution in [0.1, 0.15) is 0 Å². The average Bonchev–Trinajstić information content (AvgIpc) is 2.04. The Kier molecular flexibility index (Phi) is 2.79. The van der Waals surface area contributed by atoms with Gasteiger partial charge in [0.2, 0.25) is 0 Å². The van der Waals surface area contributed by atoms with E-state index in [9.17, 15) is 12.6 Å². The van der Waals surface area contributed by atoms with Crippen molar-refractivity contribution in [2.45, 2.75) is 4.90 Å². The van der Waals surface area contributed by atoms with Crippen LogP contribution in [0.2, 0.25) is 0 Å². The van der Waals surface area contributed by atoms with E-state index in [1.54, 1.807) is 18.2 Å². The lowest BCUT2D eigenvalue weighted by molar-refractivity contribution is 0.622. The van der Waals surface area contributed by atoms with E-state index in [1.807, 2.05) is 0 Å². The Bertz CT molecular complexity index is 508. The van der Waals surface area contributed by atoms with E-state index in [0.717, 1.165) is 0 Å². The van der Waals surface area contributed by atoms with Crippen molar-refractivity contribution in [3.63, 3.8) is 0 Å². The van der Waals surface area contributed by atoms with Crippen LogP contribution in [0.4, 0.5) is 0 Å². The lowest BCUT2D eigenvalue weighted by Crippen LogP contribution is -1.92. The number of benzene rings is 1. The van der Waals surface area contributed by atoms with Gasteiger partial charge in [0.25, 0.3) is 0 Å². The van der Waals surface area contributed by atoms with Crippen molar-refractivity contribution >= 4 is 20.4 Å². The van der Waals surface area contributed by atoms with Gasteiger partial charge in [-0.15, -0.1) is 0 Å². The van der Waals surface area contributed by atoms with Gasteiger partial charge in [0.15, 0.2) is 9.92 Å². The molecule has 5 nitrogen and oxygen atoms in total. The third-order valence-electron chi connectivity index (χ3n) is 1.23. The highest BCUT2D eigenvalue weighted by Crippen LogP contribution is 2.11. The van der Waals surface area contributed by atoms with Gasteiger partial charge in [-0.05, 0) is 12.1 Å². The molecule has 0 aliphatic heterocycles. The lowest BCUT2D eigenvalue weighted by atomic mass is 10.4. The fraction of sp³-hybridized carbons (Fsp3) is 0. The van der Waals surface area contributed by atoms with E-state index in [0.29, 0.717) is 0 Å². The summed E-state index contributed by atoms with van der Waals surface area (Å²) in [6.07, 6.45) is 0. The molecule has 0 aliphatic rings. The van der Waals surface area contributed by atoms with Crippen LogP contribution < -0.4 is 0 Å². The number of nitrogens with zero attached hydrogens (tertiary/aromatic N) is 1. The molecule has 0 radical (unpaired) electrons. The maximum Gasteiger partial charge on any atom is 0.325 e. The summed E-state index contributed by atoms with van der Waals surface area (Å²) < 4.78 is 41.5. The average molecular weight is 218 g/mol. The van der Waals surface area contributed by atoms with E-state index in [-0.39, 0.29) is 4.90 Å². The Morgan fingerprint density at radius 3 is 2.23 bits per heavy atom. The minimum Gasteiger partial charge on any atom is -0.229 e. The van der Waals surface area contributed by atoms with Crippen molar-refractivity contribution in [1.82, 2.24) is 0 Å². The molecule has 1 aromatic carbocycles. The van der Waals surface area contributed by atoms with Crippen LogP contribution >= 0.6 is 0 Å². The van der Waals surface area contributed by atoms with Crippen LogP contribution in [0.5, 0.6) is 0 Å². The van der Waals surface area contributed by atoms with Gasteiger partial charge in [0.1, 0.15) is 0 Å². The Morgan fingerprint density at radius 1 is 1.23 bits per heavy atom. The molecule has 1 aromatic rings. The summed E-state index contributed by atoms with van der Waals surface area (Å²) in [6.45, 7) is 0. The Labute approximate surface area is 77.2 Å². The molecular weight excluding hydrogens is 212 g/mol. The number of hydrogen-bond donors (Lipinski definition) is 1. The second-order valence-electron chi connectivity index (χ2n) is 2.13. The molecule has 0 heterocycles. The van der Waals surface area contributed by atoms with Gasteiger partial charge in [-0.25, -0.2) is 8.99 Å². The first kappa shape index (κ1) is 9.87. The molecule has 0 aliphatic carbocycles. The molecule has 0 aromatic heterocycles. The summed E-state index contributed by atoms with van der Waals surface area (Å²) in [5.41, 5.74) is 0. The van der Waals surface area contributed by atoms with Crippen LogP contribution in [0, 0.1) is 4.78 Å². The van der Waals surface area contributed by atoms with E-state index in [2.05, 4.69) is 3.77 Å². The van der Waals surface area contributed by atoms with Gasteiger partial charge >= 0.3 is 10.5 Å². The molecule has 0 fully saturated rings. The zero-order valence-electron chi connectivity index (χ0n) is 6.38. The molecule has 1 unspecified atom stereocenters. The fourth-order valence-corrected chi connectivity index (χ4v) is 2.29. The van der Waals surface area contributed by atoms with Gasteiger partial charge in [0, 0.05) is 0 Å². The predicted octanol–water partition coefficient (Wildman–Crippen LogP) is 1.07. The minimum absolute atomic E-state index is 0.0826. The quantitative estimate of drug-likeness (QED) is 0.805. The molecule has 7 heteroatoms. The predicted molar refractivity (Wildman–Crippen MR) is 46.9 cm³/mol. The van der Waals surface area contributed by atoms with Crippen molar-refractivity contribution in [3.05, 3.63) is 30.3 Å². The van der Waals surface area contributed by atoms with Crippen LogP contribution in [0.25, 0.3) is 0 Å². The Hall–Kier alpha value is -1.21. The summed E-state index contributed by atoms with van der Waals surface area (Å²) in [7, 11) is -6.37. The maximum absolute atomic E-state index is 11.3. The molecule has 0 spiro atoms. The van der Waals surface area contributed by atoms with Crippen LogP contribution in [0.3, 0.4) is 0 Å². The van der Waals surface area contributed by atoms with Crippen LogP contribution in [-0.2, 0) is 20.4 Å². The fourth-order valence-electron chi connectivity index (χ4n) is 0.734. The highest BCUT2D eigenvalue weighted by molar-refractivity contribution is 7.95. The van der Waals surface area contributed by atoms with E-state index < -0.39 is 20.4 Å². The zero-order chi connectivity index (χ0) is 9.90. The van der Waals surface area contributed by atoms with Crippen molar-refractivity contribution in [2.75, 3.05) is 0 Å². The molecule has 70 valence electrons. The second-order valence-corrected chi connectivity index (χ2v) is 4.68. The molecule has 1 rings (SSSR count). The lowest BCUT2D eigenvalue weighted by Gasteiger charge is -1.96. The molecule has 0 bridgehead atoms. The summed E-state index contributed by atoms with van der Waals surface area (Å²) in [6, 6.07) is 7.59. The van der Waals surface area contributed by atoms with E-state index in [1.165, 1.54) is 12.1 Å². The van der Waals surface area contributed by atoms with E-state index >= 15 is 0 Å². The standard InChI is InChI=1S/C6H6N2O3S2/c7-13(11,8-12(9)10)6-4-2-1-3-5-6/h1-5,7H. The first-order chi connectivity index (χ1) is 6.02. The summed E-state index contributed by atoms with van der Waals surface area (Å²) in [5.74, 6) is 0. The molecule has 0 amide bonds. The maximum atomic E-state index is 11.3. The number of nitrogens with one attached hydrogen (secondary N) is 1. The largest absolute Gasteiger partial charge is 0.325 e. The highest BCUT2D eigenvalue weighted by Gasteiger charge is 2.06. The van der Waals surface area contributed by atoms with E-state index in [4.69, 9.17) is 4.78 Å². The third kappa shape index (κ3) is 2.63. The summed E-state index contributed by atoms with van der Waals surface area (Å²) in [4.78, 5) is 0.0826. The van der Waals surface area contributed by atoms with Crippen LogP contribution in [-0.4, -0.2) is 12.6 Å². The molecule has 1 atom stereocenters. The molecule has 0 saturated carbocycles. The van der Waals surface area contributed by atoms with Crippen molar-refractivity contribution in [2.24, 2.45) is 3.77 Å². The summed E-state index contributed by atoms with van der Waals surface area (Å²) in [5, 5.41) is 0. The van der Waals surface area contributed by atoms with Crippen molar-refractivity contribution in [1.29, 1.82) is 4.78 Å². The van der Waals surface area contributed by atoms with Gasteiger partial charge in [0.05, 0.1) is 4.90 Å². The zero-order valence-corrected chi connectivity index (χ0v) is 8.01. The van der Waals surface area contributed by atoms with Crippen molar-refractivity contribution < 1.29 is 12.6 Å². The smallest absolute Gasteiger partial charge is 0.229 e. The Balaban J connectivity index is 3.34. The second kappa shape index (κ2) is 3.67. The third-order valence-corrected chi connectivity index (χ3v) is 3.47. The molecule has 1 N–H and O–H groups in total. The minimum atomic E-state index is -3.55. The van der Waals surface area contributed by atoms with Gasteiger partial charge < -0.3 is 0 Å². The van der Waals surface area contributed by atoms with Gasteiger partial charge in [-0.3, -0.25) is 0 Å². The summed E-state index contributed by atoms with van der Waals surface area (Å²) >= 11 is 0. The van der Waals surface area contributed by atoms with Crippen molar-refractivity contribution in [3.8, 4) is 0 Å². The van der Waals surface area contributed by atoms with Gasteiger partial charge in [-0.2, -0.15) is 8.42 Å². The first-order valence-corrected chi connectivity index (χ1v) is 5.73. The first-order valence-electron chi connectivity index (χ1n) is 3.18. The molecular formula is C6H6N2O3S2. The molecule has 13 heavy (non-hydrogen) atoms.